The number of hydrogen-bond acceptors (Lipinski definition) is 4. The van der Waals surface area contributed by atoms with Gasteiger partial charge in [-0.3, -0.25) is 14.9 Å². The van der Waals surface area contributed by atoms with E-state index < -0.39 is 4.92 Å². The molecule has 0 aromatic heterocycles. The number of anilines is 1. The summed E-state index contributed by atoms with van der Waals surface area (Å²) >= 11 is 0. The van der Waals surface area contributed by atoms with E-state index >= 15 is 0 Å². The molecule has 1 aliphatic carbocycles. The van der Waals surface area contributed by atoms with Crippen LogP contribution in [-0.4, -0.2) is 10.8 Å². The monoisotopic (exact) mass is 361 g/mol. The van der Waals surface area contributed by atoms with E-state index in [9.17, 15) is 14.9 Å². The fraction of sp³-hybridized carbons (Fsp3) is 0.278. The van der Waals surface area contributed by atoms with Crippen LogP contribution >= 0.6 is 12.4 Å². The highest BCUT2D eigenvalue weighted by molar-refractivity contribution is 5.96. The molecule has 0 heterocycles. The topological polar surface area (TPSA) is 98.3 Å². The van der Waals surface area contributed by atoms with Crippen molar-refractivity contribution in [3.8, 4) is 0 Å². The second-order valence-electron chi connectivity index (χ2n) is 6.08. The second-order valence-corrected chi connectivity index (χ2v) is 6.08. The van der Waals surface area contributed by atoms with E-state index in [2.05, 4.69) is 5.32 Å². The summed E-state index contributed by atoms with van der Waals surface area (Å²) in [5.41, 5.74) is 9.46. The summed E-state index contributed by atoms with van der Waals surface area (Å²) in [6, 6.07) is 10.2. The van der Waals surface area contributed by atoms with Gasteiger partial charge in [0.2, 0.25) is 0 Å². The molecule has 1 atom stereocenters. The average Bonchev–Trinajstić information content (AvgIpc) is 2.54. The summed E-state index contributed by atoms with van der Waals surface area (Å²) in [7, 11) is 0. The van der Waals surface area contributed by atoms with Crippen LogP contribution in [0.25, 0.3) is 0 Å². The van der Waals surface area contributed by atoms with Gasteiger partial charge in [0.1, 0.15) is 0 Å². The Kier molecular flexibility index (Phi) is 5.64. The zero-order valence-corrected chi connectivity index (χ0v) is 14.6. The maximum atomic E-state index is 12.6. The largest absolute Gasteiger partial charge is 0.399 e. The molecule has 7 heteroatoms. The predicted octanol–water partition coefficient (Wildman–Crippen LogP) is 3.71. The van der Waals surface area contributed by atoms with E-state index in [1.54, 1.807) is 13.0 Å². The second kappa shape index (κ2) is 7.53. The third-order valence-electron chi connectivity index (χ3n) is 4.53. The Balaban J connectivity index is 0.00000225. The minimum absolute atomic E-state index is 0. The molecule has 1 amide bonds. The first-order valence-corrected chi connectivity index (χ1v) is 7.90. The first kappa shape index (κ1) is 18.7. The average molecular weight is 362 g/mol. The van der Waals surface area contributed by atoms with E-state index in [4.69, 9.17) is 5.73 Å². The van der Waals surface area contributed by atoms with Crippen molar-refractivity contribution in [2.24, 2.45) is 0 Å². The van der Waals surface area contributed by atoms with Crippen molar-refractivity contribution in [1.29, 1.82) is 0 Å². The molecular weight excluding hydrogens is 342 g/mol. The lowest BCUT2D eigenvalue weighted by Crippen LogP contribution is -2.31. The van der Waals surface area contributed by atoms with E-state index in [0.29, 0.717) is 11.1 Å². The summed E-state index contributed by atoms with van der Waals surface area (Å²) in [6.07, 6.45) is 2.76. The van der Waals surface area contributed by atoms with Crippen LogP contribution in [0.1, 0.15) is 45.9 Å². The number of amides is 1. The summed E-state index contributed by atoms with van der Waals surface area (Å²) in [6.45, 7) is 1.60. The molecule has 1 aliphatic rings. The van der Waals surface area contributed by atoms with Crippen LogP contribution in [0, 0.1) is 17.0 Å². The fourth-order valence-corrected chi connectivity index (χ4v) is 3.29. The standard InChI is InChI=1S/C18H19N3O3.ClH/c1-11-14(5-3-7-17(11)21(23)24)18(22)20-16-6-2-4-12-10-13(19)8-9-15(12)16;/h3,5,7-10,16H,2,4,6,19H2,1H3,(H,20,22);1H. The molecule has 0 spiro atoms. The SMILES string of the molecule is Cc1c(C(=O)NC2CCCc3cc(N)ccc32)cccc1[N+](=O)[O-].Cl. The molecule has 0 saturated heterocycles. The summed E-state index contributed by atoms with van der Waals surface area (Å²) in [5.74, 6) is -0.286. The van der Waals surface area contributed by atoms with Crippen LogP contribution in [0.3, 0.4) is 0 Å². The summed E-state index contributed by atoms with van der Waals surface area (Å²) < 4.78 is 0. The van der Waals surface area contributed by atoms with Crippen molar-refractivity contribution in [2.45, 2.75) is 32.2 Å². The smallest absolute Gasteiger partial charge is 0.273 e. The maximum absolute atomic E-state index is 12.6. The number of rotatable bonds is 3. The molecule has 25 heavy (non-hydrogen) atoms. The molecule has 0 bridgehead atoms. The molecule has 0 fully saturated rings. The Morgan fingerprint density at radius 2 is 2.08 bits per heavy atom. The van der Waals surface area contributed by atoms with Crippen LogP contribution in [0.5, 0.6) is 0 Å². The highest BCUT2D eigenvalue weighted by atomic mass is 35.5. The van der Waals surface area contributed by atoms with E-state index in [1.807, 2.05) is 18.2 Å². The zero-order valence-electron chi connectivity index (χ0n) is 13.8. The highest BCUT2D eigenvalue weighted by Crippen LogP contribution is 2.31. The molecule has 2 aromatic rings. The van der Waals surface area contributed by atoms with Gasteiger partial charge >= 0.3 is 0 Å². The van der Waals surface area contributed by atoms with Crippen molar-refractivity contribution >= 4 is 29.7 Å². The van der Waals surface area contributed by atoms with Gasteiger partial charge in [0, 0.05) is 22.9 Å². The van der Waals surface area contributed by atoms with Crippen LogP contribution in [-0.2, 0) is 6.42 Å². The number of carbonyl (C=O) groups is 1. The number of nitro benzene ring substituents is 1. The number of nitrogens with two attached hydrogens (primary N) is 1. The fourth-order valence-electron chi connectivity index (χ4n) is 3.29. The quantitative estimate of drug-likeness (QED) is 0.494. The maximum Gasteiger partial charge on any atom is 0.273 e. The lowest BCUT2D eigenvalue weighted by molar-refractivity contribution is -0.385. The first-order chi connectivity index (χ1) is 11.5. The van der Waals surface area contributed by atoms with Gasteiger partial charge in [0.05, 0.1) is 11.0 Å². The number of nitro groups is 1. The molecular formula is C18H20ClN3O3. The number of fused-ring (bicyclic) bond motifs is 1. The number of nitrogens with one attached hydrogen (secondary N) is 1. The van der Waals surface area contributed by atoms with E-state index in [-0.39, 0.29) is 30.0 Å². The van der Waals surface area contributed by atoms with Gasteiger partial charge in [-0.2, -0.15) is 0 Å². The molecule has 0 radical (unpaired) electrons. The van der Waals surface area contributed by atoms with E-state index in [0.717, 1.165) is 36.1 Å². The first-order valence-electron chi connectivity index (χ1n) is 7.90. The number of halogens is 1. The predicted molar refractivity (Wildman–Crippen MR) is 99.1 cm³/mol. The van der Waals surface area contributed by atoms with Gasteiger partial charge in [-0.1, -0.05) is 12.1 Å². The number of hydrogen-bond donors (Lipinski definition) is 2. The lowest BCUT2D eigenvalue weighted by atomic mass is 9.87. The Morgan fingerprint density at radius 3 is 2.80 bits per heavy atom. The lowest BCUT2D eigenvalue weighted by Gasteiger charge is -2.27. The normalized spacial score (nSPS) is 15.6. The van der Waals surface area contributed by atoms with Crippen molar-refractivity contribution in [3.63, 3.8) is 0 Å². The molecule has 2 aromatic carbocycles. The van der Waals surface area contributed by atoms with Gasteiger partial charge in [-0.15, -0.1) is 12.4 Å². The molecule has 0 aliphatic heterocycles. The van der Waals surface area contributed by atoms with Crippen LogP contribution in [0.2, 0.25) is 0 Å². The minimum Gasteiger partial charge on any atom is -0.399 e. The molecule has 3 rings (SSSR count). The molecule has 6 nitrogen and oxygen atoms in total. The van der Waals surface area contributed by atoms with Crippen molar-refractivity contribution in [1.82, 2.24) is 5.32 Å². The van der Waals surface area contributed by atoms with E-state index in [1.165, 1.54) is 12.1 Å². The number of benzene rings is 2. The highest BCUT2D eigenvalue weighted by Gasteiger charge is 2.24. The van der Waals surface area contributed by atoms with Crippen molar-refractivity contribution in [3.05, 3.63) is 68.8 Å². The van der Waals surface area contributed by atoms with Crippen LogP contribution in [0.15, 0.2) is 36.4 Å². The summed E-state index contributed by atoms with van der Waals surface area (Å²) in [4.78, 5) is 23.2. The van der Waals surface area contributed by atoms with Gasteiger partial charge in [-0.05, 0) is 55.5 Å². The number of nitrogens with zero attached hydrogens (tertiary/aromatic N) is 1. The Morgan fingerprint density at radius 1 is 1.32 bits per heavy atom. The molecule has 3 N–H and O–H groups in total. The number of aryl methyl sites for hydroxylation is 1. The Hall–Kier alpha value is -2.60. The van der Waals surface area contributed by atoms with Crippen molar-refractivity contribution in [2.75, 3.05) is 5.73 Å². The number of nitrogen functional groups attached to an aromatic ring is 1. The Labute approximate surface area is 152 Å². The van der Waals surface area contributed by atoms with Crippen LogP contribution < -0.4 is 11.1 Å². The van der Waals surface area contributed by atoms with Crippen molar-refractivity contribution < 1.29 is 9.72 Å². The third-order valence-corrected chi connectivity index (χ3v) is 4.53. The van der Waals surface area contributed by atoms with Gasteiger partial charge < -0.3 is 11.1 Å². The van der Waals surface area contributed by atoms with Crippen LogP contribution in [0.4, 0.5) is 11.4 Å². The zero-order chi connectivity index (χ0) is 17.3. The minimum atomic E-state index is -0.467. The molecule has 1 unspecified atom stereocenters. The van der Waals surface area contributed by atoms with Gasteiger partial charge in [0.15, 0.2) is 0 Å². The third kappa shape index (κ3) is 3.74. The number of carbonyl (C=O) groups excluding carboxylic acids is 1. The molecule has 0 saturated carbocycles. The van der Waals surface area contributed by atoms with Gasteiger partial charge in [-0.25, -0.2) is 0 Å². The van der Waals surface area contributed by atoms with Gasteiger partial charge in [0.25, 0.3) is 11.6 Å². The molecule has 132 valence electrons. The Bertz CT molecular complexity index is 823. The summed E-state index contributed by atoms with van der Waals surface area (Å²) in [5, 5.41) is 14.1.